The molecule has 0 saturated carbocycles. The molecule has 2 aliphatic heterocycles. The molecule has 1 amide bonds. The molecule has 4 heteroatoms. The van der Waals surface area contributed by atoms with E-state index in [0.717, 1.165) is 32.6 Å². The van der Waals surface area contributed by atoms with Gasteiger partial charge in [-0.05, 0) is 45.2 Å². The van der Waals surface area contributed by atoms with Gasteiger partial charge in [0, 0.05) is 19.1 Å². The maximum atomic E-state index is 12.4. The molecule has 2 aliphatic rings. The van der Waals surface area contributed by atoms with E-state index >= 15 is 0 Å². The van der Waals surface area contributed by atoms with E-state index in [9.17, 15) is 4.79 Å². The standard InChI is InChI=1S/C15H29N3O/c16-9-8-14-7-3-6-12-18(14)13-15(19)17-10-4-1-2-5-11-17/h14H,1-13,16H2. The maximum absolute atomic E-state index is 12.4. The fourth-order valence-electron chi connectivity index (χ4n) is 3.38. The quantitative estimate of drug-likeness (QED) is 0.841. The molecule has 4 nitrogen and oxygen atoms in total. The van der Waals surface area contributed by atoms with Crippen LogP contribution in [0.25, 0.3) is 0 Å². The number of carbonyl (C=O) groups excluding carboxylic acids is 1. The van der Waals surface area contributed by atoms with Gasteiger partial charge in [-0.25, -0.2) is 0 Å². The molecule has 0 spiro atoms. The van der Waals surface area contributed by atoms with Crippen molar-refractivity contribution in [1.29, 1.82) is 0 Å². The average molecular weight is 267 g/mol. The zero-order valence-electron chi connectivity index (χ0n) is 12.1. The Bertz CT molecular complexity index is 273. The second-order valence-corrected chi connectivity index (χ2v) is 5.99. The Labute approximate surface area is 117 Å². The van der Waals surface area contributed by atoms with Crippen molar-refractivity contribution in [3.63, 3.8) is 0 Å². The Morgan fingerprint density at radius 1 is 1.00 bits per heavy atom. The number of amides is 1. The Hall–Kier alpha value is -0.610. The monoisotopic (exact) mass is 267 g/mol. The van der Waals surface area contributed by atoms with Gasteiger partial charge in [-0.15, -0.1) is 0 Å². The summed E-state index contributed by atoms with van der Waals surface area (Å²) in [6.45, 7) is 4.36. The van der Waals surface area contributed by atoms with E-state index < -0.39 is 0 Å². The SMILES string of the molecule is NCCC1CCCCN1CC(=O)N1CCCCCC1. The normalized spacial score (nSPS) is 26.2. The summed E-state index contributed by atoms with van der Waals surface area (Å²) in [6.07, 6.45) is 9.69. The highest BCUT2D eigenvalue weighted by molar-refractivity contribution is 5.78. The first kappa shape index (κ1) is 14.8. The predicted octanol–water partition coefficient (Wildman–Crippen LogP) is 1.59. The van der Waals surface area contributed by atoms with Crippen LogP contribution in [0.1, 0.15) is 51.4 Å². The number of rotatable bonds is 4. The smallest absolute Gasteiger partial charge is 0.236 e. The first-order chi connectivity index (χ1) is 9.31. The highest BCUT2D eigenvalue weighted by atomic mass is 16.2. The van der Waals surface area contributed by atoms with E-state index in [1.54, 1.807) is 0 Å². The van der Waals surface area contributed by atoms with Gasteiger partial charge in [-0.1, -0.05) is 19.3 Å². The molecular formula is C15H29N3O. The molecule has 2 rings (SSSR count). The van der Waals surface area contributed by atoms with Crippen molar-refractivity contribution in [2.75, 3.05) is 32.7 Å². The van der Waals surface area contributed by atoms with Crippen LogP contribution in [-0.4, -0.2) is 54.5 Å². The molecule has 0 aromatic rings. The summed E-state index contributed by atoms with van der Waals surface area (Å²) in [5.41, 5.74) is 5.69. The van der Waals surface area contributed by atoms with Crippen molar-refractivity contribution < 1.29 is 4.79 Å². The van der Waals surface area contributed by atoms with Crippen LogP contribution in [-0.2, 0) is 4.79 Å². The van der Waals surface area contributed by atoms with E-state index in [4.69, 9.17) is 5.73 Å². The molecular weight excluding hydrogens is 238 g/mol. The summed E-state index contributed by atoms with van der Waals surface area (Å²) >= 11 is 0. The van der Waals surface area contributed by atoms with Gasteiger partial charge in [0.2, 0.25) is 5.91 Å². The van der Waals surface area contributed by atoms with Crippen LogP contribution >= 0.6 is 0 Å². The Morgan fingerprint density at radius 3 is 2.37 bits per heavy atom. The van der Waals surface area contributed by atoms with Gasteiger partial charge in [0.15, 0.2) is 0 Å². The molecule has 110 valence electrons. The zero-order chi connectivity index (χ0) is 13.5. The maximum Gasteiger partial charge on any atom is 0.236 e. The van der Waals surface area contributed by atoms with E-state index in [1.165, 1.54) is 44.9 Å². The molecule has 0 aliphatic carbocycles. The highest BCUT2D eigenvalue weighted by Gasteiger charge is 2.25. The minimum absolute atomic E-state index is 0.339. The van der Waals surface area contributed by atoms with Gasteiger partial charge in [-0.3, -0.25) is 9.69 Å². The number of piperidine rings is 1. The van der Waals surface area contributed by atoms with E-state index in [-0.39, 0.29) is 0 Å². The average Bonchev–Trinajstić information content (AvgIpc) is 2.70. The first-order valence-electron chi connectivity index (χ1n) is 8.03. The fraction of sp³-hybridized carbons (Fsp3) is 0.933. The summed E-state index contributed by atoms with van der Waals surface area (Å²) in [5, 5.41) is 0. The molecule has 0 bridgehead atoms. The molecule has 2 saturated heterocycles. The second-order valence-electron chi connectivity index (χ2n) is 5.99. The van der Waals surface area contributed by atoms with Crippen molar-refractivity contribution in [2.45, 2.75) is 57.4 Å². The molecule has 0 aromatic heterocycles. The molecule has 19 heavy (non-hydrogen) atoms. The number of nitrogens with two attached hydrogens (primary N) is 1. The Morgan fingerprint density at radius 2 is 1.68 bits per heavy atom. The molecule has 0 aromatic carbocycles. The summed E-state index contributed by atoms with van der Waals surface area (Å²) < 4.78 is 0. The summed E-state index contributed by atoms with van der Waals surface area (Å²) in [7, 11) is 0. The number of nitrogens with zero attached hydrogens (tertiary/aromatic N) is 2. The van der Waals surface area contributed by atoms with Crippen LogP contribution in [0.5, 0.6) is 0 Å². The topological polar surface area (TPSA) is 49.6 Å². The van der Waals surface area contributed by atoms with Crippen LogP contribution in [0.2, 0.25) is 0 Å². The van der Waals surface area contributed by atoms with Gasteiger partial charge in [0.1, 0.15) is 0 Å². The van der Waals surface area contributed by atoms with Crippen molar-refractivity contribution in [1.82, 2.24) is 9.80 Å². The summed E-state index contributed by atoms with van der Waals surface area (Å²) in [5.74, 6) is 0.339. The van der Waals surface area contributed by atoms with E-state index in [0.29, 0.717) is 18.5 Å². The molecule has 2 fully saturated rings. The third-order valence-electron chi connectivity index (χ3n) is 4.55. The Kier molecular flexibility index (Phi) is 6.11. The highest BCUT2D eigenvalue weighted by Crippen LogP contribution is 2.19. The van der Waals surface area contributed by atoms with E-state index in [2.05, 4.69) is 9.80 Å². The lowest BCUT2D eigenvalue weighted by molar-refractivity contribution is -0.133. The van der Waals surface area contributed by atoms with Crippen LogP contribution in [0, 0.1) is 0 Å². The van der Waals surface area contributed by atoms with Crippen LogP contribution < -0.4 is 5.73 Å². The number of hydrogen-bond acceptors (Lipinski definition) is 3. The summed E-state index contributed by atoms with van der Waals surface area (Å²) in [4.78, 5) is 16.9. The van der Waals surface area contributed by atoms with Crippen LogP contribution in [0.15, 0.2) is 0 Å². The van der Waals surface area contributed by atoms with Crippen molar-refractivity contribution in [3.8, 4) is 0 Å². The lowest BCUT2D eigenvalue weighted by Gasteiger charge is -2.36. The third kappa shape index (κ3) is 4.46. The molecule has 2 N–H and O–H groups in total. The van der Waals surface area contributed by atoms with Gasteiger partial charge >= 0.3 is 0 Å². The zero-order valence-corrected chi connectivity index (χ0v) is 12.1. The fourth-order valence-corrected chi connectivity index (χ4v) is 3.38. The van der Waals surface area contributed by atoms with Gasteiger partial charge in [0.05, 0.1) is 6.54 Å². The van der Waals surface area contributed by atoms with Crippen molar-refractivity contribution >= 4 is 5.91 Å². The first-order valence-corrected chi connectivity index (χ1v) is 8.03. The predicted molar refractivity (Wildman–Crippen MR) is 77.9 cm³/mol. The largest absolute Gasteiger partial charge is 0.342 e. The van der Waals surface area contributed by atoms with Crippen LogP contribution in [0.4, 0.5) is 0 Å². The molecule has 1 unspecified atom stereocenters. The van der Waals surface area contributed by atoms with Gasteiger partial charge < -0.3 is 10.6 Å². The Balaban J connectivity index is 1.84. The lowest BCUT2D eigenvalue weighted by Crippen LogP contribution is -2.47. The number of likely N-dealkylation sites (tertiary alicyclic amines) is 2. The minimum Gasteiger partial charge on any atom is -0.342 e. The van der Waals surface area contributed by atoms with Gasteiger partial charge in [-0.2, -0.15) is 0 Å². The number of carbonyl (C=O) groups is 1. The van der Waals surface area contributed by atoms with Gasteiger partial charge in [0.25, 0.3) is 0 Å². The lowest BCUT2D eigenvalue weighted by atomic mass is 9.99. The molecule has 1 atom stereocenters. The summed E-state index contributed by atoms with van der Waals surface area (Å²) in [6, 6.07) is 0.537. The number of hydrogen-bond donors (Lipinski definition) is 1. The van der Waals surface area contributed by atoms with E-state index in [1.807, 2.05) is 0 Å². The molecule has 2 heterocycles. The third-order valence-corrected chi connectivity index (χ3v) is 4.55. The van der Waals surface area contributed by atoms with Crippen molar-refractivity contribution in [3.05, 3.63) is 0 Å². The van der Waals surface area contributed by atoms with Crippen LogP contribution in [0.3, 0.4) is 0 Å². The second kappa shape index (κ2) is 7.85. The molecule has 0 radical (unpaired) electrons. The van der Waals surface area contributed by atoms with Crippen molar-refractivity contribution in [2.24, 2.45) is 5.73 Å². The minimum atomic E-state index is 0.339.